The molecule has 254 valence electrons. The van der Waals surface area contributed by atoms with Crippen LogP contribution in [-0.2, 0) is 30.3 Å². The summed E-state index contributed by atoms with van der Waals surface area (Å²) in [6.07, 6.45) is 5.07. The molecule has 2 aliphatic rings. The normalized spacial score (nSPS) is 34.8. The number of carbonyl (C=O) groups excluding carboxylic acids is 3. The molecule has 2 aromatic heterocycles. The zero-order valence-corrected chi connectivity index (χ0v) is 29.6. The van der Waals surface area contributed by atoms with Crippen LogP contribution in [0.5, 0.6) is 0 Å². The highest BCUT2D eigenvalue weighted by atomic mass is 32.1. The van der Waals surface area contributed by atoms with E-state index in [-0.39, 0.29) is 23.6 Å². The minimum atomic E-state index is -1.13. The Bertz CT molecular complexity index is 1340. The Morgan fingerprint density at radius 2 is 1.87 bits per heavy atom. The van der Waals surface area contributed by atoms with Crippen LogP contribution in [0.1, 0.15) is 74.1 Å². The molecule has 2 saturated heterocycles. The van der Waals surface area contributed by atoms with Gasteiger partial charge in [0, 0.05) is 43.7 Å². The van der Waals surface area contributed by atoms with E-state index >= 15 is 0 Å². The van der Waals surface area contributed by atoms with Crippen molar-refractivity contribution in [1.82, 2.24) is 30.2 Å². The molecule has 4 rings (SSSR count). The number of aromatic nitrogens is 4. The molecule has 12 nitrogen and oxygen atoms in total. The van der Waals surface area contributed by atoms with Crippen LogP contribution in [0, 0.1) is 17.8 Å². The molecular weight excluding hydrogens is 607 g/mol. The molecule has 9 atom stereocenters. The van der Waals surface area contributed by atoms with E-state index in [1.807, 2.05) is 47.1 Å². The van der Waals surface area contributed by atoms with Gasteiger partial charge in [0.1, 0.15) is 36.4 Å². The molecule has 0 bridgehead atoms. The number of methoxy groups -OCH3 is 1. The Balaban J connectivity index is 1.55. The van der Waals surface area contributed by atoms with E-state index in [1.165, 1.54) is 11.3 Å². The molecule has 46 heavy (non-hydrogen) atoms. The summed E-state index contributed by atoms with van der Waals surface area (Å²) in [7, 11) is 3.70. The fourth-order valence-electron chi connectivity index (χ4n) is 7.25. The number of ketones is 1. The highest BCUT2D eigenvalue weighted by Crippen LogP contribution is 2.40. The average Bonchev–Trinajstić information content (AvgIpc) is 3.78. The molecule has 1 N–H and O–H groups in total. The third kappa shape index (κ3) is 7.49. The first-order valence-electron chi connectivity index (χ1n) is 16.6. The number of nitrogens with one attached hydrogen (secondary N) is 1. The number of carbonyl (C=O) groups is 3. The summed E-state index contributed by atoms with van der Waals surface area (Å²) in [5, 5.41) is 14.9. The number of esters is 1. The molecule has 0 saturated carbocycles. The van der Waals surface area contributed by atoms with Crippen LogP contribution in [-0.4, -0.2) is 100 Å². The second-order valence-corrected chi connectivity index (χ2v) is 14.6. The topological polar surface area (TPSA) is 138 Å². The number of nitrogens with zero attached hydrogens (tertiary/aromatic N) is 5. The molecule has 0 radical (unpaired) electrons. The van der Waals surface area contributed by atoms with E-state index in [1.54, 1.807) is 29.8 Å². The minimum Gasteiger partial charge on any atom is -0.458 e. The van der Waals surface area contributed by atoms with Crippen LogP contribution in [0.3, 0.4) is 0 Å². The molecule has 0 aliphatic carbocycles. The summed E-state index contributed by atoms with van der Waals surface area (Å²) in [6.45, 7) is 15.3. The van der Waals surface area contributed by atoms with E-state index in [9.17, 15) is 14.4 Å². The van der Waals surface area contributed by atoms with Gasteiger partial charge in [0.2, 0.25) is 0 Å². The summed E-state index contributed by atoms with van der Waals surface area (Å²) in [5.74, 6) is -2.09. The first kappa shape index (κ1) is 36.0. The van der Waals surface area contributed by atoms with Crippen molar-refractivity contribution >= 4 is 37.0 Å². The van der Waals surface area contributed by atoms with Crippen LogP contribution in [0.4, 0.5) is 4.79 Å². The fourth-order valence-corrected chi connectivity index (χ4v) is 7.83. The lowest BCUT2D eigenvalue weighted by Crippen LogP contribution is -2.61. The number of fused-ring (bicyclic) bond motifs is 1. The Hall–Kier alpha value is -2.84. The number of cyclic esters (lactones) is 1. The van der Waals surface area contributed by atoms with Crippen molar-refractivity contribution in [2.45, 2.75) is 116 Å². The lowest BCUT2D eigenvalue weighted by Gasteiger charge is -2.41. The fraction of sp³-hybridized carbons (Fsp3) is 0.750. The molecule has 4 heterocycles. The van der Waals surface area contributed by atoms with Crippen LogP contribution in [0.15, 0.2) is 17.8 Å². The van der Waals surface area contributed by atoms with Gasteiger partial charge in [0.05, 0.1) is 17.8 Å². The van der Waals surface area contributed by atoms with Crippen LogP contribution >= 0.6 is 11.3 Å². The number of ether oxygens (including phenoxy) is 3. The number of aryl methyl sites for hydroxylation is 1. The molecule has 2 fully saturated rings. The van der Waals surface area contributed by atoms with Crippen molar-refractivity contribution in [2.75, 3.05) is 20.2 Å². The lowest BCUT2D eigenvalue weighted by atomic mass is 9.62. The maximum atomic E-state index is 13.6. The monoisotopic (exact) mass is 658 g/mol. The van der Waals surface area contributed by atoms with E-state index in [0.29, 0.717) is 38.9 Å². The van der Waals surface area contributed by atoms with E-state index < -0.39 is 47.2 Å². The van der Waals surface area contributed by atoms with Crippen LogP contribution in [0.2, 0.25) is 5.82 Å². The van der Waals surface area contributed by atoms with E-state index in [0.717, 1.165) is 17.1 Å². The highest BCUT2D eigenvalue weighted by Gasteiger charge is 2.58. The second kappa shape index (κ2) is 14.9. The first-order valence-corrected chi connectivity index (χ1v) is 17.5. The van der Waals surface area contributed by atoms with Crippen molar-refractivity contribution in [3.63, 3.8) is 0 Å². The van der Waals surface area contributed by atoms with Crippen molar-refractivity contribution < 1.29 is 28.6 Å². The molecule has 0 unspecified atom stereocenters. The van der Waals surface area contributed by atoms with E-state index in [2.05, 4.69) is 34.5 Å². The van der Waals surface area contributed by atoms with Gasteiger partial charge in [0.25, 0.3) is 0 Å². The van der Waals surface area contributed by atoms with Crippen LogP contribution < -0.4 is 5.32 Å². The van der Waals surface area contributed by atoms with Gasteiger partial charge in [-0.05, 0) is 71.7 Å². The summed E-state index contributed by atoms with van der Waals surface area (Å²) in [4.78, 5) is 46.7. The number of unbranched alkanes of at least 4 members (excludes halogenated alkanes) is 1. The summed E-state index contributed by atoms with van der Waals surface area (Å²) >= 11 is 1.52. The van der Waals surface area contributed by atoms with Crippen molar-refractivity contribution in [3.05, 3.63) is 17.8 Å². The summed E-state index contributed by atoms with van der Waals surface area (Å²) in [5.41, 5.74) is -0.966. The standard InChI is InChI=1S/C32H51BN6O6S/c1-9-24-32(7)27(39(30(42)45-32)14-11-10-13-38-18-23(36-37-38)28-34-12-15-46-28)22(5)35-17-19(2)16-31(6,43-8)26(33)20(3)25(40)21(4)29(41)44-24/h12,15,18-22,24,26-27,35H,9-11,13-14,16-17,33H2,1-8H3/t19-,20+,21-,22-,24-,26-,27-,31-,32-/m1/s1. The van der Waals surface area contributed by atoms with Gasteiger partial charge >= 0.3 is 12.1 Å². The number of amides is 1. The third-order valence-corrected chi connectivity index (χ3v) is 11.2. The van der Waals surface area contributed by atoms with Gasteiger partial charge in [-0.3, -0.25) is 19.2 Å². The SMILES string of the molecule is B[C@@H]1[C@@H](C)C(=O)[C@@H](C)C(=O)O[C@H](CC)[C@@]2(C)OC(=O)N(CCCCn3cc(-c4nccs4)nn3)[C@@H]2[C@@H](C)NC[C@H](C)C[C@@]1(C)OC. The lowest BCUT2D eigenvalue weighted by molar-refractivity contribution is -0.170. The summed E-state index contributed by atoms with van der Waals surface area (Å²) < 4.78 is 20.0. The van der Waals surface area contributed by atoms with Gasteiger partial charge in [-0.2, -0.15) is 0 Å². The maximum Gasteiger partial charge on any atom is 0.410 e. The predicted molar refractivity (Wildman–Crippen MR) is 178 cm³/mol. The van der Waals surface area contributed by atoms with Gasteiger partial charge in [0.15, 0.2) is 5.60 Å². The second-order valence-electron chi connectivity index (χ2n) is 13.7. The molecule has 1 amide bonds. The highest BCUT2D eigenvalue weighted by molar-refractivity contribution is 7.13. The summed E-state index contributed by atoms with van der Waals surface area (Å²) in [6, 6.07) is -0.604. The number of Topliss-reactive ketones (excluding diaryl/α,β-unsaturated/α-hetero) is 1. The minimum absolute atomic E-state index is 0.128. The van der Waals surface area contributed by atoms with Crippen molar-refractivity contribution in [3.8, 4) is 10.7 Å². The molecule has 2 aromatic rings. The molecule has 0 aromatic carbocycles. The Labute approximate surface area is 277 Å². The Kier molecular flexibility index (Phi) is 11.7. The Morgan fingerprint density at radius 3 is 2.52 bits per heavy atom. The van der Waals surface area contributed by atoms with Gasteiger partial charge < -0.3 is 19.5 Å². The zero-order chi connectivity index (χ0) is 33.8. The molecule has 2 aliphatic heterocycles. The third-order valence-electron chi connectivity index (χ3n) is 10.4. The maximum absolute atomic E-state index is 13.6. The van der Waals surface area contributed by atoms with Gasteiger partial charge in [-0.15, -0.1) is 16.4 Å². The first-order chi connectivity index (χ1) is 21.8. The quantitative estimate of drug-likeness (QED) is 0.193. The molecule has 14 heteroatoms. The molecule has 0 spiro atoms. The van der Waals surface area contributed by atoms with Crippen LogP contribution in [0.25, 0.3) is 10.7 Å². The number of hydrogen-bond donors (Lipinski definition) is 1. The predicted octanol–water partition coefficient (Wildman–Crippen LogP) is 3.77. The number of rotatable bonds is 8. The van der Waals surface area contributed by atoms with E-state index in [4.69, 9.17) is 14.2 Å². The van der Waals surface area contributed by atoms with Crippen molar-refractivity contribution in [2.24, 2.45) is 17.8 Å². The zero-order valence-electron chi connectivity index (χ0n) is 28.8. The number of hydrogen-bond acceptors (Lipinski definition) is 11. The Morgan fingerprint density at radius 1 is 1.15 bits per heavy atom. The van der Waals surface area contributed by atoms with Crippen molar-refractivity contribution in [1.29, 1.82) is 0 Å². The molecular formula is C32H51BN6O6S. The largest absolute Gasteiger partial charge is 0.458 e. The smallest absolute Gasteiger partial charge is 0.410 e. The average molecular weight is 659 g/mol. The van der Waals surface area contributed by atoms with Gasteiger partial charge in [-0.1, -0.05) is 26.0 Å². The number of thiazole rings is 1. The van der Waals surface area contributed by atoms with Gasteiger partial charge in [-0.25, -0.2) is 9.78 Å².